The van der Waals surface area contributed by atoms with Crippen LogP contribution in [0.15, 0.2) is 60.7 Å². The summed E-state index contributed by atoms with van der Waals surface area (Å²) in [4.78, 5) is 12.4. The van der Waals surface area contributed by atoms with Gasteiger partial charge in [-0.2, -0.15) is 0 Å². The molecular formula is C24H27NO2. The first kappa shape index (κ1) is 19.0. The van der Waals surface area contributed by atoms with Gasteiger partial charge in [0.05, 0.1) is 6.54 Å². The van der Waals surface area contributed by atoms with Gasteiger partial charge in [-0.15, -0.1) is 0 Å². The fourth-order valence-corrected chi connectivity index (χ4v) is 3.21. The Morgan fingerprint density at radius 3 is 2.59 bits per heavy atom. The predicted molar refractivity (Wildman–Crippen MR) is 111 cm³/mol. The first-order valence-electron chi connectivity index (χ1n) is 9.49. The molecule has 0 aromatic heterocycles. The Balaban J connectivity index is 1.49. The van der Waals surface area contributed by atoms with Crippen LogP contribution in [0.2, 0.25) is 0 Å². The van der Waals surface area contributed by atoms with Crippen LogP contribution in [0.3, 0.4) is 0 Å². The van der Waals surface area contributed by atoms with E-state index in [1.165, 1.54) is 27.5 Å². The number of hydrogen-bond acceptors (Lipinski definition) is 2. The zero-order chi connectivity index (χ0) is 19.2. The summed E-state index contributed by atoms with van der Waals surface area (Å²) in [7, 11) is 0. The molecule has 0 radical (unpaired) electrons. The van der Waals surface area contributed by atoms with Crippen molar-refractivity contribution in [3.8, 4) is 5.75 Å². The van der Waals surface area contributed by atoms with Crippen LogP contribution in [0.1, 0.15) is 23.6 Å². The topological polar surface area (TPSA) is 38.3 Å². The van der Waals surface area contributed by atoms with E-state index in [0.29, 0.717) is 13.2 Å². The number of hydrogen-bond donors (Lipinski definition) is 1. The third-order valence-electron chi connectivity index (χ3n) is 5.00. The Bertz CT molecular complexity index is 927. The highest BCUT2D eigenvalue weighted by Crippen LogP contribution is 2.21. The zero-order valence-electron chi connectivity index (χ0n) is 16.3. The number of amides is 1. The quantitative estimate of drug-likeness (QED) is 0.612. The van der Waals surface area contributed by atoms with Gasteiger partial charge in [0, 0.05) is 5.92 Å². The molecule has 0 unspecified atom stereocenters. The number of fused-ring (bicyclic) bond motifs is 1. The molecule has 0 fully saturated rings. The van der Waals surface area contributed by atoms with Gasteiger partial charge in [-0.3, -0.25) is 4.79 Å². The highest BCUT2D eigenvalue weighted by Gasteiger charge is 2.14. The van der Waals surface area contributed by atoms with Crippen molar-refractivity contribution in [3.05, 3.63) is 77.4 Å². The van der Waals surface area contributed by atoms with Gasteiger partial charge in [0.1, 0.15) is 12.4 Å². The molecule has 0 saturated heterocycles. The van der Waals surface area contributed by atoms with Gasteiger partial charge < -0.3 is 10.1 Å². The van der Waals surface area contributed by atoms with E-state index in [4.69, 9.17) is 4.74 Å². The van der Waals surface area contributed by atoms with E-state index in [0.717, 1.165) is 12.2 Å². The lowest BCUT2D eigenvalue weighted by Crippen LogP contribution is -2.33. The van der Waals surface area contributed by atoms with Gasteiger partial charge in [-0.05, 0) is 59.9 Å². The minimum absolute atomic E-state index is 0.0617. The summed E-state index contributed by atoms with van der Waals surface area (Å²) < 4.78 is 5.73. The second kappa shape index (κ2) is 8.72. The van der Waals surface area contributed by atoms with Crippen molar-refractivity contribution >= 4 is 16.7 Å². The maximum atomic E-state index is 12.4. The molecule has 1 atom stereocenters. The lowest BCUT2D eigenvalue weighted by Gasteiger charge is -2.14. The Morgan fingerprint density at radius 1 is 1.00 bits per heavy atom. The number of rotatable bonds is 7. The third-order valence-corrected chi connectivity index (χ3v) is 5.00. The van der Waals surface area contributed by atoms with Crippen molar-refractivity contribution in [1.29, 1.82) is 0 Å². The summed E-state index contributed by atoms with van der Waals surface area (Å²) in [6.07, 6.45) is 0.727. The van der Waals surface area contributed by atoms with Crippen molar-refractivity contribution in [2.45, 2.75) is 27.2 Å². The summed E-state index contributed by atoms with van der Waals surface area (Å²) in [6, 6.07) is 20.6. The van der Waals surface area contributed by atoms with Gasteiger partial charge in [-0.25, -0.2) is 0 Å². The number of ether oxygens (including phenoxy) is 1. The molecule has 0 bridgehead atoms. The average molecular weight is 361 g/mol. The standard InChI is InChI=1S/C24H27NO2/c1-17-11-12-22(16-18(17)2)27-14-13-25-24(26)19(3)15-21-9-6-8-20-7-4-5-10-23(20)21/h4-12,16,19H,13-15H2,1-3H3,(H,25,26)/t19-/m0/s1. The van der Waals surface area contributed by atoms with Gasteiger partial charge in [-0.1, -0.05) is 55.5 Å². The van der Waals surface area contributed by atoms with Crippen molar-refractivity contribution in [1.82, 2.24) is 5.32 Å². The molecule has 3 rings (SSSR count). The van der Waals surface area contributed by atoms with Crippen molar-refractivity contribution in [2.24, 2.45) is 5.92 Å². The largest absolute Gasteiger partial charge is 0.492 e. The Hall–Kier alpha value is -2.81. The summed E-state index contributed by atoms with van der Waals surface area (Å²) in [5.74, 6) is 0.820. The number of aryl methyl sites for hydroxylation is 2. The first-order chi connectivity index (χ1) is 13.0. The molecule has 0 saturated carbocycles. The molecule has 3 heteroatoms. The lowest BCUT2D eigenvalue weighted by molar-refractivity contribution is -0.124. The Kier molecular flexibility index (Phi) is 6.12. The smallest absolute Gasteiger partial charge is 0.223 e. The minimum Gasteiger partial charge on any atom is -0.492 e. The molecule has 0 heterocycles. The molecule has 0 aliphatic rings. The average Bonchev–Trinajstić information content (AvgIpc) is 2.68. The number of benzene rings is 3. The maximum absolute atomic E-state index is 12.4. The zero-order valence-corrected chi connectivity index (χ0v) is 16.3. The fourth-order valence-electron chi connectivity index (χ4n) is 3.21. The molecule has 0 aliphatic heterocycles. The Labute approximate surface area is 161 Å². The van der Waals surface area contributed by atoms with E-state index in [2.05, 4.69) is 55.6 Å². The number of nitrogens with one attached hydrogen (secondary N) is 1. The van der Waals surface area contributed by atoms with E-state index in [1.807, 2.05) is 31.2 Å². The van der Waals surface area contributed by atoms with Crippen LogP contribution in [0.4, 0.5) is 0 Å². The molecule has 3 aromatic carbocycles. The minimum atomic E-state index is -0.0857. The summed E-state index contributed by atoms with van der Waals surface area (Å²) >= 11 is 0. The van der Waals surface area contributed by atoms with Gasteiger partial charge in [0.2, 0.25) is 5.91 Å². The third kappa shape index (κ3) is 4.88. The first-order valence-corrected chi connectivity index (χ1v) is 9.49. The van der Waals surface area contributed by atoms with Crippen LogP contribution in [0.5, 0.6) is 5.75 Å². The van der Waals surface area contributed by atoms with Gasteiger partial charge in [0.25, 0.3) is 0 Å². The summed E-state index contributed by atoms with van der Waals surface area (Å²) in [5, 5.41) is 5.42. The van der Waals surface area contributed by atoms with Crippen LogP contribution >= 0.6 is 0 Å². The summed E-state index contributed by atoms with van der Waals surface area (Å²) in [6.45, 7) is 7.10. The van der Waals surface area contributed by atoms with E-state index in [-0.39, 0.29) is 11.8 Å². The van der Waals surface area contributed by atoms with Crippen molar-refractivity contribution in [2.75, 3.05) is 13.2 Å². The molecule has 0 aliphatic carbocycles. The molecule has 3 aromatic rings. The Morgan fingerprint density at radius 2 is 1.78 bits per heavy atom. The van der Waals surface area contributed by atoms with E-state index in [9.17, 15) is 4.79 Å². The van der Waals surface area contributed by atoms with Gasteiger partial charge in [0.15, 0.2) is 0 Å². The molecule has 3 nitrogen and oxygen atoms in total. The molecule has 0 spiro atoms. The van der Waals surface area contributed by atoms with E-state index < -0.39 is 0 Å². The highest BCUT2D eigenvalue weighted by molar-refractivity contribution is 5.86. The second-order valence-electron chi connectivity index (χ2n) is 7.13. The molecule has 1 amide bonds. The predicted octanol–water partition coefficient (Wildman–Crippen LogP) is 4.83. The van der Waals surface area contributed by atoms with E-state index >= 15 is 0 Å². The van der Waals surface area contributed by atoms with Gasteiger partial charge >= 0.3 is 0 Å². The molecule has 140 valence electrons. The number of carbonyl (C=O) groups excluding carboxylic acids is 1. The fraction of sp³-hybridized carbons (Fsp3) is 0.292. The van der Waals surface area contributed by atoms with Crippen LogP contribution in [-0.2, 0) is 11.2 Å². The number of carbonyl (C=O) groups is 1. The van der Waals surface area contributed by atoms with Crippen LogP contribution in [-0.4, -0.2) is 19.1 Å². The second-order valence-corrected chi connectivity index (χ2v) is 7.13. The van der Waals surface area contributed by atoms with Crippen LogP contribution in [0.25, 0.3) is 10.8 Å². The van der Waals surface area contributed by atoms with Crippen LogP contribution < -0.4 is 10.1 Å². The van der Waals surface area contributed by atoms with Crippen LogP contribution in [0, 0.1) is 19.8 Å². The normalized spacial score (nSPS) is 12.0. The SMILES string of the molecule is Cc1ccc(OCCNC(=O)[C@@H](C)Cc2cccc3ccccc23)cc1C. The molecule has 1 N–H and O–H groups in total. The monoisotopic (exact) mass is 361 g/mol. The maximum Gasteiger partial charge on any atom is 0.223 e. The van der Waals surface area contributed by atoms with Crippen molar-refractivity contribution in [3.63, 3.8) is 0 Å². The summed E-state index contributed by atoms with van der Waals surface area (Å²) in [5.41, 5.74) is 3.67. The van der Waals surface area contributed by atoms with E-state index in [1.54, 1.807) is 0 Å². The lowest BCUT2D eigenvalue weighted by atomic mass is 9.95. The van der Waals surface area contributed by atoms with Crippen molar-refractivity contribution < 1.29 is 9.53 Å². The highest BCUT2D eigenvalue weighted by atomic mass is 16.5. The molecule has 27 heavy (non-hydrogen) atoms. The molecular weight excluding hydrogens is 334 g/mol.